The van der Waals surface area contributed by atoms with Crippen molar-refractivity contribution in [2.24, 2.45) is 5.14 Å². The molecule has 2 rings (SSSR count). The highest BCUT2D eigenvalue weighted by Crippen LogP contribution is 2.17. The second kappa shape index (κ2) is 8.13. The molecule has 1 atom stereocenters. The molecule has 0 saturated heterocycles. The molecule has 1 amide bonds. The van der Waals surface area contributed by atoms with Gasteiger partial charge in [0.25, 0.3) is 0 Å². The minimum atomic E-state index is -3.76. The minimum Gasteiger partial charge on any atom is -0.497 e. The fourth-order valence-electron chi connectivity index (χ4n) is 2.41. The molecule has 0 spiro atoms. The van der Waals surface area contributed by atoms with E-state index in [0.717, 1.165) is 11.3 Å². The number of amides is 1. The lowest BCUT2D eigenvalue weighted by atomic mass is 10.1. The van der Waals surface area contributed by atoms with Crippen LogP contribution in [0.15, 0.2) is 53.4 Å². The van der Waals surface area contributed by atoms with Gasteiger partial charge in [-0.3, -0.25) is 4.79 Å². The Kier molecular flexibility index (Phi) is 6.17. The normalized spacial score (nSPS) is 12.4. The number of aryl methyl sites for hydroxylation is 1. The summed E-state index contributed by atoms with van der Waals surface area (Å²) in [4.78, 5) is 12.2. The first-order valence-corrected chi connectivity index (χ1v) is 9.39. The van der Waals surface area contributed by atoms with Crippen LogP contribution in [0, 0.1) is 0 Å². The Hall–Kier alpha value is -2.38. The molecule has 0 aliphatic rings. The first kappa shape index (κ1) is 19.0. The monoisotopic (exact) mass is 362 g/mol. The van der Waals surface area contributed by atoms with Crippen LogP contribution in [-0.2, 0) is 21.2 Å². The summed E-state index contributed by atoms with van der Waals surface area (Å²) < 4.78 is 27.9. The Morgan fingerprint density at radius 2 is 1.88 bits per heavy atom. The van der Waals surface area contributed by atoms with Crippen LogP contribution in [-0.4, -0.2) is 21.4 Å². The van der Waals surface area contributed by atoms with Crippen molar-refractivity contribution in [1.29, 1.82) is 0 Å². The number of hydrogen-bond acceptors (Lipinski definition) is 4. The molecule has 3 N–H and O–H groups in total. The molecule has 0 fully saturated rings. The van der Waals surface area contributed by atoms with Crippen LogP contribution >= 0.6 is 0 Å². The molecule has 25 heavy (non-hydrogen) atoms. The second-order valence-electron chi connectivity index (χ2n) is 5.75. The third-order valence-corrected chi connectivity index (χ3v) is 4.77. The standard InChI is InChI=1S/C18H22N2O4S/c1-13(15-4-3-5-17(12-15)25(19,22)23)20-18(21)11-8-14-6-9-16(24-2)10-7-14/h3-7,9-10,12-13H,8,11H2,1-2H3,(H,20,21)(H2,19,22,23). The number of carbonyl (C=O) groups excluding carboxylic acids is 1. The number of nitrogens with two attached hydrogens (primary N) is 1. The SMILES string of the molecule is COc1ccc(CCC(=O)NC(C)c2cccc(S(N)(=O)=O)c2)cc1. The molecule has 2 aromatic carbocycles. The van der Waals surface area contributed by atoms with E-state index in [-0.39, 0.29) is 16.8 Å². The van der Waals surface area contributed by atoms with E-state index in [4.69, 9.17) is 9.88 Å². The summed E-state index contributed by atoms with van der Waals surface area (Å²) in [6, 6.07) is 13.5. The van der Waals surface area contributed by atoms with Crippen LogP contribution in [0.5, 0.6) is 5.75 Å². The van der Waals surface area contributed by atoms with Crippen molar-refractivity contribution in [1.82, 2.24) is 5.32 Å². The van der Waals surface area contributed by atoms with E-state index in [2.05, 4.69) is 5.32 Å². The van der Waals surface area contributed by atoms with Crippen molar-refractivity contribution >= 4 is 15.9 Å². The fraction of sp³-hybridized carbons (Fsp3) is 0.278. The smallest absolute Gasteiger partial charge is 0.238 e. The Morgan fingerprint density at radius 3 is 2.48 bits per heavy atom. The predicted octanol–water partition coefficient (Wildman–Crippen LogP) is 2.15. The minimum absolute atomic E-state index is 0.0318. The van der Waals surface area contributed by atoms with Gasteiger partial charge in [-0.1, -0.05) is 24.3 Å². The molecule has 6 nitrogen and oxygen atoms in total. The number of primary sulfonamides is 1. The van der Waals surface area contributed by atoms with Crippen molar-refractivity contribution in [2.75, 3.05) is 7.11 Å². The first-order valence-electron chi connectivity index (χ1n) is 7.84. The van der Waals surface area contributed by atoms with E-state index in [9.17, 15) is 13.2 Å². The maximum absolute atomic E-state index is 12.1. The van der Waals surface area contributed by atoms with Crippen LogP contribution in [0.3, 0.4) is 0 Å². The topological polar surface area (TPSA) is 98.5 Å². The molecule has 0 radical (unpaired) electrons. The zero-order valence-electron chi connectivity index (χ0n) is 14.2. The summed E-state index contributed by atoms with van der Waals surface area (Å²) in [5.74, 6) is 0.667. The predicted molar refractivity (Wildman–Crippen MR) is 95.7 cm³/mol. The lowest BCUT2D eigenvalue weighted by molar-refractivity contribution is -0.121. The lowest BCUT2D eigenvalue weighted by Gasteiger charge is -2.15. The molecule has 7 heteroatoms. The van der Waals surface area contributed by atoms with Crippen molar-refractivity contribution in [2.45, 2.75) is 30.7 Å². The van der Waals surface area contributed by atoms with Gasteiger partial charge in [0.15, 0.2) is 0 Å². The molecule has 2 aromatic rings. The van der Waals surface area contributed by atoms with Gasteiger partial charge in [0, 0.05) is 6.42 Å². The van der Waals surface area contributed by atoms with Gasteiger partial charge in [-0.15, -0.1) is 0 Å². The summed E-state index contributed by atoms with van der Waals surface area (Å²) >= 11 is 0. The Morgan fingerprint density at radius 1 is 1.20 bits per heavy atom. The Labute approximate surface area is 148 Å². The van der Waals surface area contributed by atoms with E-state index >= 15 is 0 Å². The van der Waals surface area contributed by atoms with Gasteiger partial charge >= 0.3 is 0 Å². The number of benzene rings is 2. The third-order valence-electron chi connectivity index (χ3n) is 3.86. The molecule has 1 unspecified atom stereocenters. The van der Waals surface area contributed by atoms with Gasteiger partial charge in [0.05, 0.1) is 18.0 Å². The number of rotatable bonds is 7. The number of methoxy groups -OCH3 is 1. The quantitative estimate of drug-likeness (QED) is 0.788. The number of hydrogen-bond donors (Lipinski definition) is 2. The number of nitrogens with one attached hydrogen (secondary N) is 1. The van der Waals surface area contributed by atoms with Crippen molar-refractivity contribution in [3.8, 4) is 5.75 Å². The highest BCUT2D eigenvalue weighted by atomic mass is 32.2. The van der Waals surface area contributed by atoms with Gasteiger partial charge in [-0.25, -0.2) is 13.6 Å². The van der Waals surface area contributed by atoms with Gasteiger partial charge in [-0.2, -0.15) is 0 Å². The van der Waals surface area contributed by atoms with Crippen LogP contribution in [0.2, 0.25) is 0 Å². The Balaban J connectivity index is 1.93. The summed E-state index contributed by atoms with van der Waals surface area (Å²) in [5.41, 5.74) is 1.73. The molecule has 0 aliphatic carbocycles. The molecular weight excluding hydrogens is 340 g/mol. The van der Waals surface area contributed by atoms with E-state index < -0.39 is 10.0 Å². The number of sulfonamides is 1. The molecule has 0 heterocycles. The maximum atomic E-state index is 12.1. The first-order chi connectivity index (χ1) is 11.8. The average Bonchev–Trinajstić information content (AvgIpc) is 2.59. The summed E-state index contributed by atoms with van der Waals surface area (Å²) in [5, 5.41) is 8.00. The van der Waals surface area contributed by atoms with Gasteiger partial charge in [0.2, 0.25) is 15.9 Å². The number of ether oxygens (including phenoxy) is 1. The van der Waals surface area contributed by atoms with E-state index in [1.807, 2.05) is 24.3 Å². The van der Waals surface area contributed by atoms with Gasteiger partial charge in [0.1, 0.15) is 5.75 Å². The Bertz CT molecular complexity index is 832. The average molecular weight is 362 g/mol. The third kappa shape index (κ3) is 5.58. The lowest BCUT2D eigenvalue weighted by Crippen LogP contribution is -2.27. The largest absolute Gasteiger partial charge is 0.497 e. The fourth-order valence-corrected chi connectivity index (χ4v) is 2.98. The van der Waals surface area contributed by atoms with E-state index in [1.165, 1.54) is 12.1 Å². The van der Waals surface area contributed by atoms with Crippen LogP contribution < -0.4 is 15.2 Å². The summed E-state index contributed by atoms with van der Waals surface area (Å²) in [6.45, 7) is 1.80. The van der Waals surface area contributed by atoms with Crippen LogP contribution in [0.25, 0.3) is 0 Å². The molecule has 0 aromatic heterocycles. The van der Waals surface area contributed by atoms with Crippen LogP contribution in [0.4, 0.5) is 0 Å². The van der Waals surface area contributed by atoms with E-state index in [0.29, 0.717) is 18.4 Å². The molecule has 0 saturated carbocycles. The molecule has 0 aliphatic heterocycles. The van der Waals surface area contributed by atoms with Gasteiger partial charge < -0.3 is 10.1 Å². The van der Waals surface area contributed by atoms with E-state index in [1.54, 1.807) is 26.2 Å². The highest BCUT2D eigenvalue weighted by molar-refractivity contribution is 7.89. The second-order valence-corrected chi connectivity index (χ2v) is 7.32. The highest BCUT2D eigenvalue weighted by Gasteiger charge is 2.13. The van der Waals surface area contributed by atoms with Crippen molar-refractivity contribution in [3.63, 3.8) is 0 Å². The van der Waals surface area contributed by atoms with Crippen molar-refractivity contribution < 1.29 is 17.9 Å². The van der Waals surface area contributed by atoms with Crippen molar-refractivity contribution in [3.05, 3.63) is 59.7 Å². The molecule has 0 bridgehead atoms. The summed E-state index contributed by atoms with van der Waals surface area (Å²) in [6.07, 6.45) is 0.950. The maximum Gasteiger partial charge on any atom is 0.238 e. The zero-order chi connectivity index (χ0) is 18.4. The summed E-state index contributed by atoms with van der Waals surface area (Å²) in [7, 11) is -2.16. The molecule has 134 valence electrons. The number of carbonyl (C=O) groups is 1. The zero-order valence-corrected chi connectivity index (χ0v) is 15.0. The van der Waals surface area contributed by atoms with Crippen LogP contribution in [0.1, 0.15) is 30.5 Å². The molecular formula is C18H22N2O4S. The van der Waals surface area contributed by atoms with Gasteiger partial charge in [-0.05, 0) is 48.7 Å².